The highest BCUT2D eigenvalue weighted by atomic mass is 19.4. The van der Waals surface area contributed by atoms with E-state index in [9.17, 15) is 22.4 Å². The number of aryl methyl sites for hydroxylation is 2. The predicted molar refractivity (Wildman–Crippen MR) is 146 cm³/mol. The molecule has 3 heterocycles. The summed E-state index contributed by atoms with van der Waals surface area (Å²) < 4.78 is 60.0. The molecule has 2 amide bonds. The molecule has 0 unspecified atom stereocenters. The maximum absolute atomic E-state index is 14.0. The van der Waals surface area contributed by atoms with Gasteiger partial charge >= 0.3 is 12.2 Å². The number of morpholine rings is 1. The Balaban J connectivity index is 1.27. The van der Waals surface area contributed by atoms with Crippen LogP contribution in [0, 0.1) is 12.7 Å². The molecule has 0 atom stereocenters. The molecular weight excluding hydrogens is 544 g/mol. The van der Waals surface area contributed by atoms with Crippen LogP contribution in [0.5, 0.6) is 0 Å². The molecule has 216 valence electrons. The summed E-state index contributed by atoms with van der Waals surface area (Å²) in [5, 5.41) is 13.3. The smallest absolute Gasteiger partial charge is 0.379 e. The molecular formula is C27H28F4N8O2. The van der Waals surface area contributed by atoms with Crippen LogP contribution in [0.3, 0.4) is 0 Å². The first-order chi connectivity index (χ1) is 19.6. The molecule has 0 aliphatic carbocycles. The number of nitrogens with zero attached hydrogens (tertiary/aromatic N) is 5. The Kier molecular flexibility index (Phi) is 8.03. The summed E-state index contributed by atoms with van der Waals surface area (Å²) in [5.74, 6) is -0.487. The number of alkyl halides is 3. The molecule has 2 aromatic heterocycles. The van der Waals surface area contributed by atoms with E-state index in [-0.39, 0.29) is 0 Å². The van der Waals surface area contributed by atoms with Crippen molar-refractivity contribution in [3.63, 3.8) is 0 Å². The summed E-state index contributed by atoms with van der Waals surface area (Å²) in [5.41, 5.74) is 1.43. The van der Waals surface area contributed by atoms with E-state index in [0.29, 0.717) is 53.3 Å². The SMILES string of the molecule is Cc1cc(-c2nn(C)c3nc(NCCN4CCOCC4)ncc23)ccc1NC(=O)Nc1cc(C(F)(F)F)ccc1F. The number of carbonyl (C=O) groups is 1. The Hall–Kier alpha value is -4.30. The van der Waals surface area contributed by atoms with Gasteiger partial charge in [-0.25, -0.2) is 18.9 Å². The fourth-order valence-electron chi connectivity index (χ4n) is 4.51. The van der Waals surface area contributed by atoms with Gasteiger partial charge in [-0.05, 0) is 42.8 Å². The van der Waals surface area contributed by atoms with Crippen molar-refractivity contribution < 1.29 is 27.1 Å². The van der Waals surface area contributed by atoms with Crippen LogP contribution in [-0.4, -0.2) is 70.1 Å². The molecule has 1 aliphatic heterocycles. The van der Waals surface area contributed by atoms with Gasteiger partial charge in [0.05, 0.1) is 29.9 Å². The van der Waals surface area contributed by atoms with Crippen LogP contribution in [0.1, 0.15) is 11.1 Å². The van der Waals surface area contributed by atoms with E-state index in [1.54, 1.807) is 43.0 Å². The van der Waals surface area contributed by atoms with Gasteiger partial charge in [0.25, 0.3) is 0 Å². The number of benzene rings is 2. The van der Waals surface area contributed by atoms with Gasteiger partial charge in [-0.1, -0.05) is 6.07 Å². The number of urea groups is 1. The van der Waals surface area contributed by atoms with Crippen molar-refractivity contribution in [2.75, 3.05) is 55.3 Å². The van der Waals surface area contributed by atoms with Gasteiger partial charge in [0.15, 0.2) is 5.65 Å². The third kappa shape index (κ3) is 6.55. The van der Waals surface area contributed by atoms with Gasteiger partial charge in [0, 0.05) is 50.7 Å². The number of hydrogen-bond acceptors (Lipinski definition) is 7. The van der Waals surface area contributed by atoms with Gasteiger partial charge in [0.1, 0.15) is 11.5 Å². The molecule has 41 heavy (non-hydrogen) atoms. The van der Waals surface area contributed by atoms with Gasteiger partial charge in [-0.3, -0.25) is 4.90 Å². The number of ether oxygens (including phenoxy) is 1. The first-order valence-corrected chi connectivity index (χ1v) is 12.9. The van der Waals surface area contributed by atoms with E-state index in [4.69, 9.17) is 4.74 Å². The molecule has 3 N–H and O–H groups in total. The standard InChI is InChI=1S/C27H28F4N8O2/c1-16-13-17(3-6-21(16)34-26(40)35-22-14-18(27(29,30)31)4-5-20(22)28)23-19-15-33-25(36-24(19)38(2)37-23)32-7-8-39-9-11-41-12-10-39/h3-6,13-15H,7-12H2,1-2H3,(H,32,33,36)(H2,34,35,40). The van der Waals surface area contributed by atoms with Crippen molar-refractivity contribution in [3.05, 3.63) is 59.5 Å². The third-order valence-electron chi connectivity index (χ3n) is 6.69. The van der Waals surface area contributed by atoms with E-state index in [1.165, 1.54) is 0 Å². The highest BCUT2D eigenvalue weighted by molar-refractivity contribution is 6.01. The maximum Gasteiger partial charge on any atom is 0.416 e. The summed E-state index contributed by atoms with van der Waals surface area (Å²) in [6.07, 6.45) is -2.96. The highest BCUT2D eigenvalue weighted by Gasteiger charge is 2.31. The number of amides is 2. The van der Waals surface area contributed by atoms with Crippen LogP contribution in [0.15, 0.2) is 42.6 Å². The molecule has 1 aliphatic rings. The maximum atomic E-state index is 14.0. The number of nitrogens with one attached hydrogen (secondary N) is 3. The van der Waals surface area contributed by atoms with Crippen LogP contribution in [0.25, 0.3) is 22.3 Å². The minimum atomic E-state index is -4.67. The summed E-state index contributed by atoms with van der Waals surface area (Å²) in [6.45, 7) is 6.58. The second-order valence-corrected chi connectivity index (χ2v) is 9.59. The number of rotatable bonds is 7. The summed E-state index contributed by atoms with van der Waals surface area (Å²) in [4.78, 5) is 23.8. The average Bonchev–Trinajstić information content (AvgIpc) is 3.26. The highest BCUT2D eigenvalue weighted by Crippen LogP contribution is 2.32. The lowest BCUT2D eigenvalue weighted by atomic mass is 10.1. The summed E-state index contributed by atoms with van der Waals surface area (Å²) >= 11 is 0. The van der Waals surface area contributed by atoms with Crippen molar-refractivity contribution in [3.8, 4) is 11.3 Å². The first kappa shape index (κ1) is 28.2. The molecule has 1 saturated heterocycles. The van der Waals surface area contributed by atoms with Crippen molar-refractivity contribution in [2.24, 2.45) is 7.05 Å². The zero-order valence-corrected chi connectivity index (χ0v) is 22.3. The van der Waals surface area contributed by atoms with Crippen molar-refractivity contribution in [1.29, 1.82) is 0 Å². The largest absolute Gasteiger partial charge is 0.416 e. The van der Waals surface area contributed by atoms with E-state index in [0.717, 1.165) is 43.8 Å². The molecule has 2 aromatic carbocycles. The quantitative estimate of drug-likeness (QED) is 0.271. The lowest BCUT2D eigenvalue weighted by Crippen LogP contribution is -2.39. The summed E-state index contributed by atoms with van der Waals surface area (Å²) in [7, 11) is 1.79. The number of anilines is 3. The minimum Gasteiger partial charge on any atom is -0.379 e. The Morgan fingerprint density at radius 2 is 1.83 bits per heavy atom. The predicted octanol–water partition coefficient (Wildman–Crippen LogP) is 4.88. The molecule has 4 aromatic rings. The fraction of sp³-hybridized carbons (Fsp3) is 0.333. The Morgan fingerprint density at radius 1 is 1.07 bits per heavy atom. The molecule has 14 heteroatoms. The van der Waals surface area contributed by atoms with E-state index < -0.39 is 29.3 Å². The Morgan fingerprint density at radius 3 is 2.56 bits per heavy atom. The average molecular weight is 573 g/mol. The summed E-state index contributed by atoms with van der Waals surface area (Å²) in [6, 6.07) is 6.10. The van der Waals surface area contributed by atoms with Gasteiger partial charge < -0.3 is 20.7 Å². The van der Waals surface area contributed by atoms with Crippen molar-refractivity contribution in [2.45, 2.75) is 13.1 Å². The molecule has 0 saturated carbocycles. The number of hydrogen-bond donors (Lipinski definition) is 3. The van der Waals surface area contributed by atoms with Crippen LogP contribution in [-0.2, 0) is 18.0 Å². The lowest BCUT2D eigenvalue weighted by molar-refractivity contribution is -0.137. The molecule has 10 nitrogen and oxygen atoms in total. The van der Waals surface area contributed by atoms with E-state index >= 15 is 0 Å². The molecule has 0 bridgehead atoms. The van der Waals surface area contributed by atoms with Gasteiger partial charge in [-0.15, -0.1) is 0 Å². The normalized spacial score (nSPS) is 14.3. The molecule has 1 fully saturated rings. The number of fused-ring (bicyclic) bond motifs is 1. The minimum absolute atomic E-state index is 0.391. The number of halogens is 4. The monoisotopic (exact) mass is 572 g/mol. The third-order valence-corrected chi connectivity index (χ3v) is 6.69. The zero-order valence-electron chi connectivity index (χ0n) is 22.3. The van der Waals surface area contributed by atoms with E-state index in [1.807, 2.05) is 0 Å². The lowest BCUT2D eigenvalue weighted by Gasteiger charge is -2.26. The first-order valence-electron chi connectivity index (χ1n) is 12.9. The molecule has 0 radical (unpaired) electrons. The Labute approximate surface area is 232 Å². The van der Waals surface area contributed by atoms with Crippen molar-refractivity contribution >= 4 is 34.4 Å². The fourth-order valence-corrected chi connectivity index (χ4v) is 4.51. The van der Waals surface area contributed by atoms with Crippen LogP contribution < -0.4 is 16.0 Å². The van der Waals surface area contributed by atoms with Gasteiger partial charge in [-0.2, -0.15) is 23.3 Å². The Bertz CT molecular complexity index is 1570. The molecule has 0 spiro atoms. The topological polar surface area (TPSA) is 109 Å². The molecule has 5 rings (SSSR count). The second-order valence-electron chi connectivity index (χ2n) is 9.59. The number of aromatic nitrogens is 4. The zero-order chi connectivity index (χ0) is 29.1. The number of carbonyl (C=O) groups excluding carboxylic acids is 1. The van der Waals surface area contributed by atoms with Gasteiger partial charge in [0.2, 0.25) is 5.95 Å². The van der Waals surface area contributed by atoms with Crippen LogP contribution in [0.4, 0.5) is 39.7 Å². The second kappa shape index (κ2) is 11.7. The van der Waals surface area contributed by atoms with Crippen LogP contribution >= 0.6 is 0 Å². The van der Waals surface area contributed by atoms with E-state index in [2.05, 4.69) is 35.9 Å². The van der Waals surface area contributed by atoms with Crippen LogP contribution in [0.2, 0.25) is 0 Å². The van der Waals surface area contributed by atoms with Crippen molar-refractivity contribution in [1.82, 2.24) is 24.6 Å².